The van der Waals surface area contributed by atoms with E-state index in [9.17, 15) is 4.79 Å². The zero-order valence-corrected chi connectivity index (χ0v) is 12.7. The molecule has 1 aromatic carbocycles. The Morgan fingerprint density at radius 2 is 2.21 bits per heavy atom. The molecule has 5 heteroatoms. The summed E-state index contributed by atoms with van der Waals surface area (Å²) in [4.78, 5) is 12.0. The third kappa shape index (κ3) is 4.04. The van der Waals surface area contributed by atoms with Crippen LogP contribution >= 0.6 is 27.5 Å². The number of anilines is 1. The summed E-state index contributed by atoms with van der Waals surface area (Å²) < 4.78 is 2.74. The molecule has 1 heterocycles. The highest BCUT2D eigenvalue weighted by atomic mass is 79.9. The van der Waals surface area contributed by atoms with Crippen molar-refractivity contribution >= 4 is 39.1 Å². The molecular weight excluding hydrogens is 328 g/mol. The Morgan fingerprint density at radius 1 is 1.42 bits per heavy atom. The van der Waals surface area contributed by atoms with Crippen LogP contribution in [0.4, 0.5) is 5.69 Å². The molecule has 0 aliphatic carbocycles. The topological polar surface area (TPSA) is 33.0 Å². The summed E-state index contributed by atoms with van der Waals surface area (Å²) in [6.07, 6.45) is 3.69. The average molecular weight is 341 g/mol. The Balaban J connectivity index is 2.07. The number of hydrogen-bond acceptors (Lipinski definition) is 1. The van der Waals surface area contributed by atoms with Gasteiger partial charge in [0.05, 0.1) is 4.47 Å². The predicted molar refractivity (Wildman–Crippen MR) is 79.2 cm³/mol. The van der Waals surface area contributed by atoms with Crippen LogP contribution in [0.2, 0.25) is 5.02 Å². The van der Waals surface area contributed by atoms with E-state index >= 15 is 0 Å². The minimum Gasteiger partial charge on any atom is -0.320 e. The van der Waals surface area contributed by atoms with Gasteiger partial charge < -0.3 is 5.32 Å². The van der Waals surface area contributed by atoms with Crippen LogP contribution in [0.3, 0.4) is 0 Å². The maximum atomic E-state index is 12.0. The fourth-order valence-corrected chi connectivity index (χ4v) is 2.26. The van der Waals surface area contributed by atoms with Gasteiger partial charge in [-0.2, -0.15) is 4.57 Å². The Morgan fingerprint density at radius 3 is 2.95 bits per heavy atom. The Hall–Kier alpha value is -1.39. The number of pyridine rings is 1. The van der Waals surface area contributed by atoms with Crippen LogP contribution in [-0.4, -0.2) is 5.91 Å². The van der Waals surface area contributed by atoms with Crippen molar-refractivity contribution in [3.63, 3.8) is 0 Å². The number of carbonyl (C=O) groups is 1. The maximum absolute atomic E-state index is 12.0. The van der Waals surface area contributed by atoms with E-state index in [1.807, 2.05) is 37.5 Å². The Labute approximate surface area is 125 Å². The van der Waals surface area contributed by atoms with Gasteiger partial charge in [0, 0.05) is 16.8 Å². The molecule has 1 aromatic heterocycles. The number of carbonyl (C=O) groups excluding carboxylic acids is 1. The molecule has 0 fully saturated rings. The van der Waals surface area contributed by atoms with Crippen LogP contribution in [0.25, 0.3) is 0 Å². The summed E-state index contributed by atoms with van der Waals surface area (Å²) in [5.74, 6) is -0.0894. The second-order valence-corrected chi connectivity index (χ2v) is 5.55. The molecule has 1 N–H and O–H groups in total. The molecule has 0 bridgehead atoms. The van der Waals surface area contributed by atoms with Crippen molar-refractivity contribution in [3.05, 3.63) is 57.8 Å². The second-order valence-electron chi connectivity index (χ2n) is 4.20. The standard InChI is InChI=1S/C14H12BrClN2O/c1-10-4-5-12(16)7-13(10)17-14(19)9-18-6-2-3-11(15)8-18/h2-8H,9H2,1H3/p+1. The van der Waals surface area contributed by atoms with Crippen molar-refractivity contribution in [1.29, 1.82) is 0 Å². The molecule has 2 aromatic rings. The lowest BCUT2D eigenvalue weighted by atomic mass is 10.2. The minimum absolute atomic E-state index is 0.0894. The molecule has 0 radical (unpaired) electrons. The molecule has 0 atom stereocenters. The molecule has 0 aliphatic rings. The molecule has 19 heavy (non-hydrogen) atoms. The first-order valence-electron chi connectivity index (χ1n) is 5.75. The van der Waals surface area contributed by atoms with Gasteiger partial charge in [-0.05, 0) is 46.6 Å². The molecule has 0 spiro atoms. The van der Waals surface area contributed by atoms with Crippen molar-refractivity contribution in [2.45, 2.75) is 13.5 Å². The number of nitrogens with zero attached hydrogens (tertiary/aromatic N) is 1. The number of aromatic nitrogens is 1. The van der Waals surface area contributed by atoms with Crippen LogP contribution in [0.1, 0.15) is 5.56 Å². The zero-order valence-electron chi connectivity index (χ0n) is 10.4. The van der Waals surface area contributed by atoms with Gasteiger partial charge in [0.25, 0.3) is 5.91 Å². The summed E-state index contributed by atoms with van der Waals surface area (Å²) in [6.45, 7) is 2.18. The van der Waals surface area contributed by atoms with E-state index in [4.69, 9.17) is 11.6 Å². The smallest absolute Gasteiger partial charge is 0.290 e. The van der Waals surface area contributed by atoms with Gasteiger partial charge in [-0.15, -0.1) is 0 Å². The van der Waals surface area contributed by atoms with E-state index in [-0.39, 0.29) is 12.5 Å². The van der Waals surface area contributed by atoms with Gasteiger partial charge in [0.2, 0.25) is 6.54 Å². The van der Waals surface area contributed by atoms with Crippen molar-refractivity contribution in [1.82, 2.24) is 0 Å². The zero-order chi connectivity index (χ0) is 13.8. The average Bonchev–Trinajstić information content (AvgIpc) is 2.34. The van der Waals surface area contributed by atoms with Crippen LogP contribution in [0.5, 0.6) is 0 Å². The molecule has 0 unspecified atom stereocenters. The van der Waals surface area contributed by atoms with E-state index in [1.54, 1.807) is 16.7 Å². The summed E-state index contributed by atoms with van der Waals surface area (Å²) in [7, 11) is 0. The molecule has 0 saturated heterocycles. The number of aryl methyl sites for hydroxylation is 1. The molecule has 98 valence electrons. The number of hydrogen-bond donors (Lipinski definition) is 1. The van der Waals surface area contributed by atoms with E-state index in [0.717, 1.165) is 15.7 Å². The van der Waals surface area contributed by atoms with E-state index in [1.165, 1.54) is 0 Å². The van der Waals surface area contributed by atoms with Gasteiger partial charge in [0.1, 0.15) is 0 Å². The van der Waals surface area contributed by atoms with Crippen LogP contribution in [0.15, 0.2) is 47.2 Å². The van der Waals surface area contributed by atoms with E-state index < -0.39 is 0 Å². The number of nitrogens with one attached hydrogen (secondary N) is 1. The van der Waals surface area contributed by atoms with Crippen LogP contribution in [-0.2, 0) is 11.3 Å². The lowest BCUT2D eigenvalue weighted by molar-refractivity contribution is -0.684. The number of amides is 1. The SMILES string of the molecule is Cc1ccc(Cl)cc1NC(=O)C[n+]1cccc(Br)c1. The highest BCUT2D eigenvalue weighted by Gasteiger charge is 2.11. The quantitative estimate of drug-likeness (QED) is 0.854. The van der Waals surface area contributed by atoms with Crippen molar-refractivity contribution < 1.29 is 9.36 Å². The molecule has 0 saturated carbocycles. The normalized spacial score (nSPS) is 10.3. The van der Waals surface area contributed by atoms with Gasteiger partial charge in [-0.25, -0.2) is 0 Å². The third-order valence-corrected chi connectivity index (χ3v) is 3.33. The summed E-state index contributed by atoms with van der Waals surface area (Å²) in [5, 5.41) is 3.47. The molecule has 0 aliphatic heterocycles. The lowest BCUT2D eigenvalue weighted by Gasteiger charge is -2.07. The largest absolute Gasteiger partial charge is 0.320 e. The molecular formula is C14H13BrClN2O+. The third-order valence-electron chi connectivity index (χ3n) is 2.62. The highest BCUT2D eigenvalue weighted by molar-refractivity contribution is 9.10. The fourth-order valence-electron chi connectivity index (χ4n) is 1.67. The monoisotopic (exact) mass is 339 g/mol. The van der Waals surface area contributed by atoms with Gasteiger partial charge in [-0.3, -0.25) is 4.79 Å². The number of benzene rings is 1. The van der Waals surface area contributed by atoms with Gasteiger partial charge >= 0.3 is 0 Å². The Kier molecular flexibility index (Phi) is 4.56. The molecule has 2 rings (SSSR count). The molecule has 1 amide bonds. The number of halogens is 2. The van der Waals surface area contributed by atoms with Crippen LogP contribution < -0.4 is 9.88 Å². The fraction of sp³-hybridized carbons (Fsp3) is 0.143. The van der Waals surface area contributed by atoms with Crippen LogP contribution in [0, 0.1) is 6.92 Å². The first-order valence-corrected chi connectivity index (χ1v) is 6.92. The Bertz CT molecular complexity index is 616. The predicted octanol–water partition coefficient (Wildman–Crippen LogP) is 3.34. The number of rotatable bonds is 3. The summed E-state index contributed by atoms with van der Waals surface area (Å²) >= 11 is 9.29. The summed E-state index contributed by atoms with van der Waals surface area (Å²) in [6, 6.07) is 9.22. The first-order chi connectivity index (χ1) is 9.04. The van der Waals surface area contributed by atoms with Crippen molar-refractivity contribution in [2.24, 2.45) is 0 Å². The maximum Gasteiger partial charge on any atom is 0.290 e. The van der Waals surface area contributed by atoms with Crippen molar-refractivity contribution in [3.8, 4) is 0 Å². The van der Waals surface area contributed by atoms with Gasteiger partial charge in [0.15, 0.2) is 12.4 Å². The van der Waals surface area contributed by atoms with E-state index in [0.29, 0.717) is 5.02 Å². The second kappa shape index (κ2) is 6.17. The lowest BCUT2D eigenvalue weighted by Crippen LogP contribution is -2.39. The van der Waals surface area contributed by atoms with E-state index in [2.05, 4.69) is 21.2 Å². The van der Waals surface area contributed by atoms with Crippen molar-refractivity contribution in [2.75, 3.05) is 5.32 Å². The van der Waals surface area contributed by atoms with Gasteiger partial charge in [-0.1, -0.05) is 17.7 Å². The highest BCUT2D eigenvalue weighted by Crippen LogP contribution is 2.19. The summed E-state index contributed by atoms with van der Waals surface area (Å²) in [5.41, 5.74) is 1.73. The minimum atomic E-state index is -0.0894. The molecule has 3 nitrogen and oxygen atoms in total. The first kappa shape index (κ1) is 14.0.